The van der Waals surface area contributed by atoms with Crippen LogP contribution in [0, 0.1) is 0 Å². The fourth-order valence-corrected chi connectivity index (χ4v) is 1.98. The van der Waals surface area contributed by atoms with E-state index in [2.05, 4.69) is 24.1 Å². The van der Waals surface area contributed by atoms with Crippen molar-refractivity contribution >= 4 is 0 Å². The third-order valence-corrected chi connectivity index (χ3v) is 3.10. The van der Waals surface area contributed by atoms with Crippen LogP contribution in [0.4, 0.5) is 0 Å². The summed E-state index contributed by atoms with van der Waals surface area (Å²) >= 11 is 0. The number of aromatic hydroxyl groups is 1. The molecule has 3 heteroatoms. The van der Waals surface area contributed by atoms with Crippen LogP contribution in [-0.2, 0) is 0 Å². The number of nitrogens with one attached hydrogen (secondary N) is 1. The van der Waals surface area contributed by atoms with E-state index in [0.717, 1.165) is 5.56 Å². The van der Waals surface area contributed by atoms with E-state index in [4.69, 9.17) is 0 Å². The summed E-state index contributed by atoms with van der Waals surface area (Å²) in [5.41, 5.74) is 2.38. The van der Waals surface area contributed by atoms with E-state index in [1.54, 1.807) is 24.5 Å². The van der Waals surface area contributed by atoms with Crippen molar-refractivity contribution in [1.82, 2.24) is 10.3 Å². The minimum atomic E-state index is 0.230. The maximum absolute atomic E-state index is 9.27. The molecule has 0 radical (unpaired) electrons. The van der Waals surface area contributed by atoms with Crippen LogP contribution >= 0.6 is 0 Å². The van der Waals surface area contributed by atoms with Crippen molar-refractivity contribution in [2.75, 3.05) is 0 Å². The molecule has 0 spiro atoms. The highest BCUT2D eigenvalue weighted by Gasteiger charge is 2.10. The Morgan fingerprint density at radius 2 is 1.39 bits per heavy atom. The van der Waals surface area contributed by atoms with Gasteiger partial charge in [0.25, 0.3) is 0 Å². The number of nitrogens with zero attached hydrogens (tertiary/aromatic N) is 1. The van der Waals surface area contributed by atoms with Crippen LogP contribution in [0.1, 0.15) is 37.1 Å². The molecule has 0 aliphatic carbocycles. The third kappa shape index (κ3) is 3.08. The average molecular weight is 242 g/mol. The monoisotopic (exact) mass is 242 g/mol. The third-order valence-electron chi connectivity index (χ3n) is 3.10. The molecule has 0 bridgehead atoms. The Hall–Kier alpha value is -1.87. The largest absolute Gasteiger partial charge is 0.508 e. The zero-order valence-corrected chi connectivity index (χ0v) is 10.7. The van der Waals surface area contributed by atoms with Crippen LogP contribution in [0.2, 0.25) is 0 Å². The number of hydrogen-bond acceptors (Lipinski definition) is 3. The van der Waals surface area contributed by atoms with Crippen LogP contribution in [0.15, 0.2) is 48.8 Å². The van der Waals surface area contributed by atoms with Crippen molar-refractivity contribution in [3.05, 3.63) is 59.9 Å². The predicted molar refractivity (Wildman–Crippen MR) is 72.3 cm³/mol. The standard InChI is InChI=1S/C15H18N2O/c1-11(13-3-5-15(18)6-4-13)17-12(2)14-7-9-16-10-8-14/h3-12,17-18H,1-2H3/t11?,12-/m1/s1. The maximum atomic E-state index is 9.27. The van der Waals surface area contributed by atoms with E-state index in [0.29, 0.717) is 5.75 Å². The van der Waals surface area contributed by atoms with Gasteiger partial charge < -0.3 is 10.4 Å². The first kappa shape index (κ1) is 12.6. The van der Waals surface area contributed by atoms with Crippen LogP contribution in [0.5, 0.6) is 5.75 Å². The van der Waals surface area contributed by atoms with Gasteiger partial charge >= 0.3 is 0 Å². The normalized spacial score (nSPS) is 14.1. The Labute approximate surface area is 108 Å². The summed E-state index contributed by atoms with van der Waals surface area (Å²) in [6.45, 7) is 4.25. The van der Waals surface area contributed by atoms with Crippen LogP contribution in [0.25, 0.3) is 0 Å². The van der Waals surface area contributed by atoms with Gasteiger partial charge in [-0.2, -0.15) is 0 Å². The second-order valence-electron chi connectivity index (χ2n) is 4.48. The summed E-state index contributed by atoms with van der Waals surface area (Å²) in [4.78, 5) is 4.02. The molecule has 94 valence electrons. The van der Waals surface area contributed by atoms with Crippen LogP contribution < -0.4 is 5.32 Å². The SMILES string of the molecule is CC(N[C@H](C)c1ccncc1)c1ccc(O)cc1. The molecule has 0 saturated heterocycles. The molecule has 2 aromatic rings. The van der Waals surface area contributed by atoms with Crippen molar-refractivity contribution in [2.24, 2.45) is 0 Å². The number of aromatic nitrogens is 1. The Morgan fingerprint density at radius 1 is 0.889 bits per heavy atom. The maximum Gasteiger partial charge on any atom is 0.115 e. The summed E-state index contributed by atoms with van der Waals surface area (Å²) in [6.07, 6.45) is 3.61. The van der Waals surface area contributed by atoms with Gasteiger partial charge in [0, 0.05) is 24.5 Å². The van der Waals surface area contributed by atoms with Gasteiger partial charge in [-0.1, -0.05) is 12.1 Å². The van der Waals surface area contributed by atoms with E-state index >= 15 is 0 Å². The minimum Gasteiger partial charge on any atom is -0.508 e. The van der Waals surface area contributed by atoms with E-state index in [1.165, 1.54) is 5.56 Å². The zero-order valence-electron chi connectivity index (χ0n) is 10.7. The quantitative estimate of drug-likeness (QED) is 0.865. The zero-order chi connectivity index (χ0) is 13.0. The molecular weight excluding hydrogens is 224 g/mol. The van der Waals surface area contributed by atoms with Crippen LogP contribution in [0.3, 0.4) is 0 Å². The Balaban J connectivity index is 2.03. The Morgan fingerprint density at radius 3 is 1.94 bits per heavy atom. The molecule has 18 heavy (non-hydrogen) atoms. The molecule has 1 heterocycles. The molecule has 2 rings (SSSR count). The summed E-state index contributed by atoms with van der Waals surface area (Å²) in [7, 11) is 0. The lowest BCUT2D eigenvalue weighted by Crippen LogP contribution is -2.22. The van der Waals surface area contributed by atoms with Crippen molar-refractivity contribution in [1.29, 1.82) is 0 Å². The molecule has 0 aliphatic heterocycles. The van der Waals surface area contributed by atoms with Gasteiger partial charge in [-0.3, -0.25) is 4.98 Å². The summed E-state index contributed by atoms with van der Waals surface area (Å²) in [5.74, 6) is 0.299. The predicted octanol–water partition coefficient (Wildman–Crippen LogP) is 3.20. The van der Waals surface area contributed by atoms with E-state index < -0.39 is 0 Å². The fourth-order valence-electron chi connectivity index (χ4n) is 1.98. The first-order chi connectivity index (χ1) is 8.66. The minimum absolute atomic E-state index is 0.230. The van der Waals surface area contributed by atoms with Crippen molar-refractivity contribution in [3.8, 4) is 5.75 Å². The lowest BCUT2D eigenvalue weighted by Gasteiger charge is -2.20. The second-order valence-corrected chi connectivity index (χ2v) is 4.48. The molecular formula is C15H18N2O. The molecule has 0 amide bonds. The topological polar surface area (TPSA) is 45.2 Å². The second kappa shape index (κ2) is 5.65. The highest BCUT2D eigenvalue weighted by atomic mass is 16.3. The number of phenols is 1. The number of rotatable bonds is 4. The van der Waals surface area contributed by atoms with Gasteiger partial charge in [0.05, 0.1) is 0 Å². The van der Waals surface area contributed by atoms with Gasteiger partial charge in [-0.15, -0.1) is 0 Å². The first-order valence-corrected chi connectivity index (χ1v) is 6.11. The van der Waals surface area contributed by atoms with E-state index in [-0.39, 0.29) is 12.1 Å². The summed E-state index contributed by atoms with van der Waals surface area (Å²) < 4.78 is 0. The van der Waals surface area contributed by atoms with E-state index in [1.807, 2.05) is 24.3 Å². The molecule has 1 aromatic carbocycles. The molecule has 0 aliphatic rings. The molecule has 0 fully saturated rings. The van der Waals surface area contributed by atoms with Gasteiger partial charge in [0.15, 0.2) is 0 Å². The summed E-state index contributed by atoms with van der Waals surface area (Å²) in [6, 6.07) is 11.8. The lowest BCUT2D eigenvalue weighted by atomic mass is 10.1. The number of phenolic OH excluding ortho intramolecular Hbond substituents is 1. The van der Waals surface area contributed by atoms with Gasteiger partial charge in [-0.05, 0) is 49.2 Å². The molecule has 1 aromatic heterocycles. The smallest absolute Gasteiger partial charge is 0.115 e. The molecule has 2 N–H and O–H groups in total. The molecule has 2 atom stereocenters. The number of benzene rings is 1. The van der Waals surface area contributed by atoms with Crippen molar-refractivity contribution in [3.63, 3.8) is 0 Å². The van der Waals surface area contributed by atoms with Crippen LogP contribution in [-0.4, -0.2) is 10.1 Å². The van der Waals surface area contributed by atoms with Crippen molar-refractivity contribution < 1.29 is 5.11 Å². The number of pyridine rings is 1. The average Bonchev–Trinajstić information content (AvgIpc) is 2.40. The first-order valence-electron chi connectivity index (χ1n) is 6.11. The molecule has 3 nitrogen and oxygen atoms in total. The molecule has 1 unspecified atom stereocenters. The van der Waals surface area contributed by atoms with Crippen molar-refractivity contribution in [2.45, 2.75) is 25.9 Å². The lowest BCUT2D eigenvalue weighted by molar-refractivity contribution is 0.472. The highest BCUT2D eigenvalue weighted by molar-refractivity contribution is 5.28. The summed E-state index contributed by atoms with van der Waals surface area (Å²) in [5, 5.41) is 12.8. The Bertz CT molecular complexity index is 482. The number of hydrogen-bond donors (Lipinski definition) is 2. The van der Waals surface area contributed by atoms with E-state index in [9.17, 15) is 5.11 Å². The van der Waals surface area contributed by atoms with Gasteiger partial charge in [0.1, 0.15) is 5.75 Å². The van der Waals surface area contributed by atoms with Gasteiger partial charge in [0.2, 0.25) is 0 Å². The fraction of sp³-hybridized carbons (Fsp3) is 0.267. The Kier molecular flexibility index (Phi) is 3.95. The molecule has 0 saturated carbocycles. The van der Waals surface area contributed by atoms with Gasteiger partial charge in [-0.25, -0.2) is 0 Å². The highest BCUT2D eigenvalue weighted by Crippen LogP contribution is 2.20.